The monoisotopic (exact) mass is 503 g/mol. The second kappa shape index (κ2) is 10.2. The summed E-state index contributed by atoms with van der Waals surface area (Å²) in [6.45, 7) is 7.59. The minimum Gasteiger partial charge on any atom is -0.506 e. The third-order valence-corrected chi connectivity index (χ3v) is 6.77. The second-order valence-electron chi connectivity index (χ2n) is 8.20. The molecule has 0 saturated heterocycles. The Balaban J connectivity index is 1.77. The van der Waals surface area contributed by atoms with Crippen molar-refractivity contribution in [1.29, 1.82) is 0 Å². The van der Waals surface area contributed by atoms with E-state index in [4.69, 9.17) is 4.74 Å². The zero-order valence-corrected chi connectivity index (χ0v) is 21.1. The van der Waals surface area contributed by atoms with Gasteiger partial charge in [-0.1, -0.05) is 30.0 Å². The van der Waals surface area contributed by atoms with E-state index < -0.39 is 10.9 Å². The Morgan fingerprint density at radius 1 is 1.17 bits per heavy atom. The van der Waals surface area contributed by atoms with E-state index in [0.717, 1.165) is 28.2 Å². The Morgan fingerprint density at radius 2 is 1.89 bits per heavy atom. The number of nitro groups is 1. The van der Waals surface area contributed by atoms with Gasteiger partial charge in [-0.05, 0) is 69.2 Å². The topological polar surface area (TPSA) is 107 Å². The Morgan fingerprint density at radius 3 is 2.53 bits per heavy atom. The molecular formula is C27H25N3O5S. The lowest BCUT2D eigenvalue weighted by molar-refractivity contribution is -0.384. The summed E-state index contributed by atoms with van der Waals surface area (Å²) in [7, 11) is 0. The molecule has 1 aliphatic rings. The number of benzene rings is 2. The molecule has 0 fully saturated rings. The molecule has 0 radical (unpaired) electrons. The summed E-state index contributed by atoms with van der Waals surface area (Å²) in [5.41, 5.74) is 4.98. The molecule has 1 aromatic heterocycles. The van der Waals surface area contributed by atoms with Crippen molar-refractivity contribution in [2.75, 3.05) is 6.61 Å². The fraction of sp³-hybridized carbons (Fsp3) is 0.185. The van der Waals surface area contributed by atoms with E-state index in [1.807, 2.05) is 67.8 Å². The summed E-state index contributed by atoms with van der Waals surface area (Å²) in [5.74, 6) is -0.808. The van der Waals surface area contributed by atoms with Crippen LogP contribution in [0.2, 0.25) is 0 Å². The molecule has 0 amide bonds. The first-order valence-corrected chi connectivity index (χ1v) is 12.1. The van der Waals surface area contributed by atoms with Gasteiger partial charge in [-0.2, -0.15) is 0 Å². The SMILES string of the molecule is CCOC(=O)C1=C(O)/C(=C/c2cc(C)n(-c3ccc([N+](=O)[O-])cc3C)c2C)SC1=Nc1ccccc1. The number of ether oxygens (including phenoxy) is 1. The third-order valence-electron chi connectivity index (χ3n) is 5.75. The number of aliphatic hydroxyl groups excluding tert-OH is 1. The Hall–Kier alpha value is -4.11. The highest BCUT2D eigenvalue weighted by Crippen LogP contribution is 2.41. The predicted molar refractivity (Wildman–Crippen MR) is 142 cm³/mol. The minimum absolute atomic E-state index is 0.0372. The molecule has 3 aromatic rings. The zero-order valence-electron chi connectivity index (χ0n) is 20.3. The number of nitrogens with zero attached hydrogens (tertiary/aromatic N) is 3. The van der Waals surface area contributed by atoms with Gasteiger partial charge in [0, 0.05) is 29.2 Å². The van der Waals surface area contributed by atoms with Crippen LogP contribution in [-0.4, -0.2) is 32.2 Å². The Labute approximate surface area is 212 Å². The first-order valence-electron chi connectivity index (χ1n) is 11.3. The second-order valence-corrected chi connectivity index (χ2v) is 9.23. The summed E-state index contributed by atoms with van der Waals surface area (Å²) in [6.07, 6.45) is 1.81. The van der Waals surface area contributed by atoms with E-state index in [9.17, 15) is 20.0 Å². The molecule has 0 saturated carbocycles. The number of hydrogen-bond acceptors (Lipinski definition) is 7. The molecule has 1 N–H and O–H groups in total. The molecule has 8 nitrogen and oxygen atoms in total. The van der Waals surface area contributed by atoms with Gasteiger partial charge in [-0.3, -0.25) is 10.1 Å². The van der Waals surface area contributed by atoms with Crippen molar-refractivity contribution >= 4 is 40.2 Å². The van der Waals surface area contributed by atoms with Crippen LogP contribution in [0.4, 0.5) is 11.4 Å². The highest BCUT2D eigenvalue weighted by atomic mass is 32.2. The Bertz CT molecular complexity index is 1450. The zero-order chi connectivity index (χ0) is 26.0. The first-order chi connectivity index (χ1) is 17.2. The lowest BCUT2D eigenvalue weighted by Crippen LogP contribution is -2.12. The van der Waals surface area contributed by atoms with E-state index in [2.05, 4.69) is 4.99 Å². The number of aryl methyl sites for hydroxylation is 2. The van der Waals surface area contributed by atoms with Crippen molar-refractivity contribution in [3.8, 4) is 5.69 Å². The van der Waals surface area contributed by atoms with Gasteiger partial charge in [0.05, 0.1) is 22.1 Å². The van der Waals surface area contributed by atoms with Gasteiger partial charge in [-0.25, -0.2) is 9.79 Å². The maximum Gasteiger partial charge on any atom is 0.344 e. The molecule has 9 heteroatoms. The number of nitro benzene ring substituents is 1. The number of para-hydroxylation sites is 1. The number of carbonyl (C=O) groups excluding carboxylic acids is 1. The summed E-state index contributed by atoms with van der Waals surface area (Å²) < 4.78 is 7.19. The molecule has 2 heterocycles. The first kappa shape index (κ1) is 25.0. The van der Waals surface area contributed by atoms with E-state index in [-0.39, 0.29) is 23.6 Å². The summed E-state index contributed by atoms with van der Waals surface area (Å²) in [4.78, 5) is 28.4. The van der Waals surface area contributed by atoms with Crippen LogP contribution < -0.4 is 0 Å². The van der Waals surface area contributed by atoms with Crippen LogP contribution in [0.5, 0.6) is 0 Å². The van der Waals surface area contributed by atoms with Crippen LogP contribution in [0.1, 0.15) is 29.4 Å². The number of aliphatic imine (C=N–C) groups is 1. The van der Waals surface area contributed by atoms with Gasteiger partial charge in [0.2, 0.25) is 0 Å². The van der Waals surface area contributed by atoms with Crippen LogP contribution in [0, 0.1) is 30.9 Å². The molecule has 184 valence electrons. The number of aromatic nitrogens is 1. The lowest BCUT2D eigenvalue weighted by atomic mass is 10.1. The summed E-state index contributed by atoms with van der Waals surface area (Å²) in [5, 5.41) is 22.5. The quantitative estimate of drug-likeness (QED) is 0.234. The molecule has 0 aliphatic carbocycles. The highest BCUT2D eigenvalue weighted by Gasteiger charge is 2.33. The largest absolute Gasteiger partial charge is 0.506 e. The molecule has 1 aliphatic heterocycles. The van der Waals surface area contributed by atoms with Crippen LogP contribution in [0.25, 0.3) is 11.8 Å². The number of esters is 1. The molecule has 36 heavy (non-hydrogen) atoms. The summed E-state index contributed by atoms with van der Waals surface area (Å²) >= 11 is 1.20. The maximum atomic E-state index is 12.7. The molecule has 0 bridgehead atoms. The van der Waals surface area contributed by atoms with E-state index >= 15 is 0 Å². The Kier molecular flexibility index (Phi) is 7.12. The molecule has 0 atom stereocenters. The fourth-order valence-electron chi connectivity index (χ4n) is 4.06. The van der Waals surface area contributed by atoms with Crippen molar-refractivity contribution in [1.82, 2.24) is 4.57 Å². The molecule has 2 aromatic carbocycles. The van der Waals surface area contributed by atoms with Crippen molar-refractivity contribution in [3.05, 3.63) is 103 Å². The predicted octanol–water partition coefficient (Wildman–Crippen LogP) is 6.50. The van der Waals surface area contributed by atoms with Gasteiger partial charge in [0.1, 0.15) is 16.4 Å². The van der Waals surface area contributed by atoms with Gasteiger partial charge in [-0.15, -0.1) is 0 Å². The van der Waals surface area contributed by atoms with E-state index in [0.29, 0.717) is 15.6 Å². The lowest BCUT2D eigenvalue weighted by Gasteiger charge is -2.12. The smallest absolute Gasteiger partial charge is 0.344 e. The number of carbonyl (C=O) groups is 1. The fourth-order valence-corrected chi connectivity index (χ4v) is 5.09. The van der Waals surface area contributed by atoms with Gasteiger partial charge >= 0.3 is 5.97 Å². The van der Waals surface area contributed by atoms with Crippen LogP contribution in [-0.2, 0) is 9.53 Å². The number of hydrogen-bond donors (Lipinski definition) is 1. The van der Waals surface area contributed by atoms with Gasteiger partial charge in [0.15, 0.2) is 0 Å². The van der Waals surface area contributed by atoms with E-state index in [1.54, 1.807) is 19.1 Å². The maximum absolute atomic E-state index is 12.7. The van der Waals surface area contributed by atoms with Gasteiger partial charge < -0.3 is 14.4 Å². The molecule has 0 spiro atoms. The van der Waals surface area contributed by atoms with Crippen LogP contribution >= 0.6 is 11.8 Å². The normalized spacial score (nSPS) is 15.7. The standard InChI is InChI=1S/C27H25N3O5S/c1-5-35-27(32)24-25(31)23(36-26(24)28-20-9-7-6-8-10-20)15-19-14-17(3)29(18(19)4)22-12-11-21(30(33)34)13-16(22)2/h6-15,31H,5H2,1-4H3/b23-15-,28-26?. The molecule has 4 rings (SSSR count). The third kappa shape index (κ3) is 4.83. The van der Waals surface area contributed by atoms with Crippen LogP contribution in [0.3, 0.4) is 0 Å². The van der Waals surface area contributed by atoms with Crippen molar-refractivity contribution < 1.29 is 19.6 Å². The molecule has 0 unspecified atom stereocenters. The number of thioether (sulfide) groups is 1. The number of rotatable bonds is 6. The number of non-ortho nitro benzene ring substituents is 1. The highest BCUT2D eigenvalue weighted by molar-refractivity contribution is 8.18. The average Bonchev–Trinajstić information content (AvgIpc) is 3.29. The van der Waals surface area contributed by atoms with Crippen molar-refractivity contribution in [2.45, 2.75) is 27.7 Å². The van der Waals surface area contributed by atoms with E-state index in [1.165, 1.54) is 17.8 Å². The average molecular weight is 504 g/mol. The van der Waals surface area contributed by atoms with Crippen LogP contribution in [0.15, 0.2) is 75.8 Å². The molecular weight excluding hydrogens is 478 g/mol. The number of aliphatic hydroxyl groups is 1. The van der Waals surface area contributed by atoms with Gasteiger partial charge in [0.25, 0.3) is 5.69 Å². The van der Waals surface area contributed by atoms with Crippen molar-refractivity contribution in [3.63, 3.8) is 0 Å². The van der Waals surface area contributed by atoms with Crippen molar-refractivity contribution in [2.24, 2.45) is 4.99 Å². The minimum atomic E-state index is -0.632. The summed E-state index contributed by atoms with van der Waals surface area (Å²) in [6, 6.07) is 15.9.